The highest BCUT2D eigenvalue weighted by atomic mass is 127. The van der Waals surface area contributed by atoms with E-state index < -0.39 is 10.8 Å². The minimum atomic E-state index is -0.719. The van der Waals surface area contributed by atoms with Crippen molar-refractivity contribution in [3.63, 3.8) is 0 Å². The molecule has 0 N–H and O–H groups in total. The van der Waals surface area contributed by atoms with Crippen molar-refractivity contribution >= 4 is 84.0 Å². The van der Waals surface area contributed by atoms with Gasteiger partial charge in [0.15, 0.2) is 0 Å². The molecule has 0 atom stereocenters. The molecule has 7 rings (SSSR count). The smallest absolute Gasteiger partial charge is 0.136 e. The van der Waals surface area contributed by atoms with E-state index in [1.54, 1.807) is 0 Å². The molecule has 2 heterocycles. The first-order valence-electron chi connectivity index (χ1n) is 48.8. The van der Waals surface area contributed by atoms with Crippen molar-refractivity contribution in [2.24, 2.45) is 0 Å². The zero-order valence-electron chi connectivity index (χ0n) is 72.0. The molecular formula is C100H166BrF2IN4S2. The van der Waals surface area contributed by atoms with E-state index in [9.17, 15) is 0 Å². The average Bonchev–Trinajstić information content (AvgIpc) is 1.50. The van der Waals surface area contributed by atoms with Gasteiger partial charge in [0.05, 0.1) is 23.5 Å². The van der Waals surface area contributed by atoms with Crippen LogP contribution in [-0.4, -0.2) is 17.5 Å². The Labute approximate surface area is 707 Å². The summed E-state index contributed by atoms with van der Waals surface area (Å²) in [5.41, 5.74) is 7.87. The second kappa shape index (κ2) is 59.9. The second-order valence-corrected chi connectivity index (χ2v) is 38.9. The molecule has 2 aliphatic rings. The van der Waals surface area contributed by atoms with E-state index in [1.165, 1.54) is 434 Å². The van der Waals surface area contributed by atoms with Gasteiger partial charge < -0.3 is 0 Å². The van der Waals surface area contributed by atoms with Crippen LogP contribution in [-0.2, 0) is 10.8 Å². The molecule has 0 amide bonds. The van der Waals surface area contributed by atoms with Gasteiger partial charge in [0.25, 0.3) is 0 Å². The fourth-order valence-corrected chi connectivity index (χ4v) is 22.6. The summed E-state index contributed by atoms with van der Waals surface area (Å²) in [5.74, 6) is -0.363. The molecule has 2 aromatic heterocycles. The fraction of sp³-hybridized carbons (Fsp3) is 0.820. The molecule has 0 saturated heterocycles. The number of halogens is 4. The monoisotopic (exact) mass is 1730 g/mol. The molecular weight excluding hydrogens is 1570 g/mol. The quantitative estimate of drug-likeness (QED) is 0.0288. The third-order valence-electron chi connectivity index (χ3n) is 26.7. The standard InChI is InChI=1S/C100H166BrF2IN4S2/c1-5-9-13-17-21-25-29-33-37-41-45-49-53-57-61-65-69-73-77-99(78-74-70-66-62-58-54-50-46-42-38-34-30-26-22-18-14-10-6-2)83-81-85(101)95-97(107-109-105-95)87(83)89-91(99)94(103)90-88-84(82-86(104)96-98(88)108-110-106-96)100(92(90)93(89)102,79-75-71-67-63-59-55-51-47-43-39-35-31-27-23-19-15-11-7-3)80-76-72-68-64-60-56-52-48-44-40-36-32-28-24-20-16-12-8-4/h81-82H,5-80H2,1-4H3. The molecule has 0 aliphatic heterocycles. The van der Waals surface area contributed by atoms with E-state index in [1.807, 2.05) is 0 Å². The highest BCUT2D eigenvalue weighted by molar-refractivity contribution is 14.1. The number of unbranched alkanes of at least 4 members (excludes halogenated alkanes) is 68. The average molecular weight is 1730 g/mol. The van der Waals surface area contributed by atoms with Crippen molar-refractivity contribution < 1.29 is 8.78 Å². The lowest BCUT2D eigenvalue weighted by Gasteiger charge is -2.35. The molecule has 626 valence electrons. The first-order chi connectivity index (χ1) is 54.3. The number of nitrogens with zero attached hydrogens (tertiary/aromatic N) is 4. The van der Waals surface area contributed by atoms with Gasteiger partial charge >= 0.3 is 0 Å². The molecule has 0 unspecified atom stereocenters. The van der Waals surface area contributed by atoms with Crippen LogP contribution in [0.3, 0.4) is 0 Å². The summed E-state index contributed by atoms with van der Waals surface area (Å²) in [7, 11) is 0. The maximum absolute atomic E-state index is 20.2. The molecule has 110 heavy (non-hydrogen) atoms. The first-order valence-corrected chi connectivity index (χ1v) is 52.1. The van der Waals surface area contributed by atoms with Crippen molar-refractivity contribution in [1.82, 2.24) is 17.5 Å². The zero-order valence-corrected chi connectivity index (χ0v) is 77.4. The predicted molar refractivity (Wildman–Crippen MR) is 495 cm³/mol. The Bertz CT molecular complexity index is 2850. The minimum absolute atomic E-state index is 0.181. The van der Waals surface area contributed by atoms with Gasteiger partial charge in [-0.25, -0.2) is 8.78 Å². The van der Waals surface area contributed by atoms with Gasteiger partial charge in [-0.2, -0.15) is 17.5 Å². The lowest BCUT2D eigenvalue weighted by atomic mass is 9.68. The number of fused-ring (bicyclic) bond motifs is 10. The van der Waals surface area contributed by atoms with Gasteiger partial charge in [0.1, 0.15) is 33.7 Å². The van der Waals surface area contributed by atoms with E-state index in [2.05, 4.69) is 78.3 Å². The summed E-state index contributed by atoms with van der Waals surface area (Å²) in [6.45, 7) is 9.24. The summed E-state index contributed by atoms with van der Waals surface area (Å²) >= 11 is 9.00. The van der Waals surface area contributed by atoms with Crippen LogP contribution in [0.25, 0.3) is 44.3 Å². The Morgan fingerprint density at radius 1 is 0.255 bits per heavy atom. The van der Waals surface area contributed by atoms with Crippen molar-refractivity contribution in [3.05, 3.63) is 54.1 Å². The van der Waals surface area contributed by atoms with Gasteiger partial charge in [-0.1, -0.05) is 490 Å². The van der Waals surface area contributed by atoms with Crippen molar-refractivity contribution in [3.8, 4) is 22.3 Å². The Morgan fingerprint density at radius 3 is 0.664 bits per heavy atom. The molecule has 3 aromatic carbocycles. The largest absolute Gasteiger partial charge is 0.206 e. The van der Waals surface area contributed by atoms with Crippen molar-refractivity contribution in [1.29, 1.82) is 0 Å². The van der Waals surface area contributed by atoms with E-state index in [-0.39, 0.29) is 11.6 Å². The minimum Gasteiger partial charge on any atom is -0.206 e. The Balaban J connectivity index is 1.09. The molecule has 0 bridgehead atoms. The number of rotatable bonds is 76. The van der Waals surface area contributed by atoms with E-state index >= 15 is 8.78 Å². The third kappa shape index (κ3) is 32.6. The van der Waals surface area contributed by atoms with Crippen LogP contribution in [0.15, 0.2) is 16.6 Å². The summed E-state index contributed by atoms with van der Waals surface area (Å²) < 4.78 is 62.5. The van der Waals surface area contributed by atoms with Gasteiger partial charge in [0, 0.05) is 52.3 Å². The predicted octanol–water partition coefficient (Wildman–Crippen LogP) is 37.6. The van der Waals surface area contributed by atoms with E-state index in [4.69, 9.17) is 17.5 Å². The van der Waals surface area contributed by atoms with E-state index in [0.717, 1.165) is 129 Å². The number of hydrogen-bond donors (Lipinski definition) is 0. The van der Waals surface area contributed by atoms with Gasteiger partial charge in [-0.05, 0) is 87.5 Å². The van der Waals surface area contributed by atoms with Crippen molar-refractivity contribution in [2.75, 3.05) is 0 Å². The molecule has 0 fully saturated rings. The maximum Gasteiger partial charge on any atom is 0.136 e. The fourth-order valence-electron chi connectivity index (χ4n) is 20.0. The zero-order chi connectivity index (χ0) is 77.6. The van der Waals surface area contributed by atoms with E-state index in [0.29, 0.717) is 22.3 Å². The highest BCUT2D eigenvalue weighted by Gasteiger charge is 2.55. The van der Waals surface area contributed by atoms with Crippen LogP contribution < -0.4 is 0 Å². The SMILES string of the molecule is CCCCCCCCCCCCCCCCCCCCC1(CCCCCCCCCCCCCCCCCCCC)c2cc(Br)c3nsnc3c2-c2c(F)c3c(c(F)c21)-c1c(cc(I)c2nsnc12)C3(CCCCCCCCCCCCCCCCCCCC)CCCCCCCCCCCCCCCCCCCC. The molecule has 2 aliphatic carbocycles. The van der Waals surface area contributed by atoms with Gasteiger partial charge in [-0.15, -0.1) is 0 Å². The first kappa shape index (κ1) is 95.5. The van der Waals surface area contributed by atoms with Crippen LogP contribution in [0, 0.1) is 15.2 Å². The normalized spacial score (nSPS) is 13.5. The molecule has 0 radical (unpaired) electrons. The number of benzene rings is 3. The lowest BCUT2D eigenvalue weighted by molar-refractivity contribution is 0.374. The topological polar surface area (TPSA) is 51.6 Å². The van der Waals surface area contributed by atoms with Crippen LogP contribution in [0.2, 0.25) is 0 Å². The Morgan fingerprint density at radius 2 is 0.436 bits per heavy atom. The van der Waals surface area contributed by atoms with Crippen LogP contribution >= 0.6 is 62.0 Å². The molecule has 4 nitrogen and oxygen atoms in total. The maximum atomic E-state index is 20.2. The molecule has 0 spiro atoms. The summed E-state index contributed by atoms with van der Waals surface area (Å²) in [4.78, 5) is 0. The van der Waals surface area contributed by atoms with Crippen molar-refractivity contribution in [2.45, 2.75) is 527 Å². The summed E-state index contributed by atoms with van der Waals surface area (Å²) in [6, 6.07) is 4.61. The van der Waals surface area contributed by atoms with Crippen LogP contribution in [0.1, 0.15) is 538 Å². The van der Waals surface area contributed by atoms with Gasteiger partial charge in [-0.3, -0.25) is 0 Å². The Hall–Kier alpha value is -1.63. The van der Waals surface area contributed by atoms with Gasteiger partial charge in [0.2, 0.25) is 0 Å². The molecule has 0 saturated carbocycles. The number of hydrogen-bond acceptors (Lipinski definition) is 6. The third-order valence-corrected chi connectivity index (χ3v) is 29.2. The summed E-state index contributed by atoms with van der Waals surface area (Å²) in [6.07, 6.45) is 98.8. The Kier molecular flexibility index (Phi) is 52.0. The number of aromatic nitrogens is 4. The molecule has 5 aromatic rings. The second-order valence-electron chi connectivity index (χ2n) is 35.8. The van der Waals surface area contributed by atoms with Crippen LogP contribution in [0.4, 0.5) is 8.78 Å². The highest BCUT2D eigenvalue weighted by Crippen LogP contribution is 2.65. The summed E-state index contributed by atoms with van der Waals surface area (Å²) in [5, 5.41) is 0. The lowest BCUT2D eigenvalue weighted by Crippen LogP contribution is -2.29. The molecule has 10 heteroatoms. The van der Waals surface area contributed by atoms with Crippen LogP contribution in [0.5, 0.6) is 0 Å².